The van der Waals surface area contributed by atoms with Gasteiger partial charge in [0.2, 0.25) is 0 Å². The second kappa shape index (κ2) is 5.61. The molecule has 1 aromatic heterocycles. The first-order valence-corrected chi connectivity index (χ1v) is 6.01. The van der Waals surface area contributed by atoms with E-state index in [9.17, 15) is 22.8 Å². The maximum atomic E-state index is 12.9. The highest BCUT2D eigenvalue weighted by Crippen LogP contribution is 2.36. The standard InChI is InChI=1S/C13H8ClF3N2O2/c14-8-1-2-10(9(4-8)13(15,16)17)19-12(21)11-3-7(6-20)5-18-11/h1-6,18H,(H,19,21). The van der Waals surface area contributed by atoms with Gasteiger partial charge in [-0.25, -0.2) is 0 Å². The lowest BCUT2D eigenvalue weighted by molar-refractivity contribution is -0.136. The van der Waals surface area contributed by atoms with Crippen molar-refractivity contribution < 1.29 is 22.8 Å². The lowest BCUT2D eigenvalue weighted by atomic mass is 10.1. The van der Waals surface area contributed by atoms with Crippen LogP contribution in [0.2, 0.25) is 5.02 Å². The van der Waals surface area contributed by atoms with E-state index in [1.54, 1.807) is 0 Å². The number of hydrogen-bond donors (Lipinski definition) is 2. The van der Waals surface area contributed by atoms with Gasteiger partial charge in [0.25, 0.3) is 5.91 Å². The Kier molecular flexibility index (Phi) is 4.04. The summed E-state index contributed by atoms with van der Waals surface area (Å²) in [6.45, 7) is 0. The zero-order chi connectivity index (χ0) is 15.6. The minimum Gasteiger partial charge on any atom is -0.356 e. The van der Waals surface area contributed by atoms with Gasteiger partial charge in [0.15, 0.2) is 6.29 Å². The monoisotopic (exact) mass is 316 g/mol. The number of benzene rings is 1. The molecule has 0 saturated carbocycles. The zero-order valence-electron chi connectivity index (χ0n) is 10.3. The van der Waals surface area contributed by atoms with Gasteiger partial charge < -0.3 is 10.3 Å². The molecule has 1 heterocycles. The highest BCUT2D eigenvalue weighted by atomic mass is 35.5. The van der Waals surface area contributed by atoms with E-state index in [2.05, 4.69) is 10.3 Å². The molecule has 0 fully saturated rings. The van der Waals surface area contributed by atoms with Crippen LogP contribution in [-0.2, 0) is 6.18 Å². The molecular weight excluding hydrogens is 309 g/mol. The maximum Gasteiger partial charge on any atom is 0.418 e. The smallest absolute Gasteiger partial charge is 0.356 e. The van der Waals surface area contributed by atoms with E-state index in [0.717, 1.165) is 12.1 Å². The Bertz CT molecular complexity index is 695. The van der Waals surface area contributed by atoms with Gasteiger partial charge in [-0.2, -0.15) is 13.2 Å². The summed E-state index contributed by atoms with van der Waals surface area (Å²) in [6.07, 6.45) is -2.87. The fourth-order valence-corrected chi connectivity index (χ4v) is 1.83. The van der Waals surface area contributed by atoms with Gasteiger partial charge >= 0.3 is 6.18 Å². The number of hydrogen-bond acceptors (Lipinski definition) is 2. The predicted molar refractivity (Wildman–Crippen MR) is 70.6 cm³/mol. The molecule has 110 valence electrons. The van der Waals surface area contributed by atoms with Gasteiger partial charge in [-0.15, -0.1) is 0 Å². The molecule has 8 heteroatoms. The molecule has 0 aliphatic heterocycles. The minimum atomic E-state index is -4.66. The molecule has 2 aromatic rings. The first kappa shape index (κ1) is 15.1. The van der Waals surface area contributed by atoms with Crippen molar-refractivity contribution >= 4 is 29.5 Å². The molecule has 1 aromatic carbocycles. The number of amides is 1. The Labute approximate surface area is 121 Å². The lowest BCUT2D eigenvalue weighted by Gasteiger charge is -2.13. The largest absolute Gasteiger partial charge is 0.418 e. The van der Waals surface area contributed by atoms with Crippen molar-refractivity contribution in [2.24, 2.45) is 0 Å². The fourth-order valence-electron chi connectivity index (χ4n) is 1.66. The normalized spacial score (nSPS) is 11.2. The zero-order valence-corrected chi connectivity index (χ0v) is 11.0. The molecule has 0 radical (unpaired) electrons. The number of carbonyl (C=O) groups excluding carboxylic acids is 2. The first-order valence-electron chi connectivity index (χ1n) is 5.63. The molecule has 0 bridgehead atoms. The highest BCUT2D eigenvalue weighted by molar-refractivity contribution is 6.30. The number of aromatic nitrogens is 1. The first-order chi connectivity index (χ1) is 9.81. The molecule has 2 rings (SSSR count). The van der Waals surface area contributed by atoms with Crippen molar-refractivity contribution in [1.29, 1.82) is 0 Å². The third-order valence-electron chi connectivity index (χ3n) is 2.62. The van der Waals surface area contributed by atoms with Gasteiger partial charge in [0, 0.05) is 16.8 Å². The van der Waals surface area contributed by atoms with Crippen LogP contribution in [0.3, 0.4) is 0 Å². The number of anilines is 1. The van der Waals surface area contributed by atoms with Crippen molar-refractivity contribution in [2.45, 2.75) is 6.18 Å². The van der Waals surface area contributed by atoms with Gasteiger partial charge in [-0.05, 0) is 24.3 Å². The minimum absolute atomic E-state index is 0.0276. The third kappa shape index (κ3) is 3.43. The van der Waals surface area contributed by atoms with Crippen LogP contribution in [0.25, 0.3) is 0 Å². The number of halogens is 4. The van der Waals surface area contributed by atoms with Crippen LogP contribution in [0.15, 0.2) is 30.5 Å². The van der Waals surface area contributed by atoms with Crippen LogP contribution in [0.5, 0.6) is 0 Å². The molecular formula is C13H8ClF3N2O2. The SMILES string of the molecule is O=Cc1c[nH]c(C(=O)Nc2ccc(Cl)cc2C(F)(F)F)c1. The Hall–Kier alpha value is -2.28. The third-order valence-corrected chi connectivity index (χ3v) is 2.86. The van der Waals surface area contributed by atoms with Gasteiger partial charge in [-0.3, -0.25) is 9.59 Å². The summed E-state index contributed by atoms with van der Waals surface area (Å²) in [4.78, 5) is 24.9. The molecule has 0 aliphatic rings. The summed E-state index contributed by atoms with van der Waals surface area (Å²) in [5.74, 6) is -0.795. The van der Waals surface area contributed by atoms with Crippen LogP contribution >= 0.6 is 11.6 Å². The van der Waals surface area contributed by atoms with Crippen molar-refractivity contribution in [3.05, 3.63) is 52.3 Å². The van der Waals surface area contributed by atoms with Gasteiger partial charge in [-0.1, -0.05) is 11.6 Å². The lowest BCUT2D eigenvalue weighted by Crippen LogP contribution is -2.17. The summed E-state index contributed by atoms with van der Waals surface area (Å²) in [6, 6.07) is 4.25. The Morgan fingerprint density at radius 1 is 1.29 bits per heavy atom. The number of H-pyrrole nitrogens is 1. The number of nitrogens with one attached hydrogen (secondary N) is 2. The molecule has 0 spiro atoms. The molecule has 0 atom stereocenters. The van der Waals surface area contributed by atoms with E-state index in [-0.39, 0.29) is 16.3 Å². The molecule has 1 amide bonds. The van der Waals surface area contributed by atoms with Crippen molar-refractivity contribution in [3.63, 3.8) is 0 Å². The average Bonchev–Trinajstić information content (AvgIpc) is 2.88. The van der Waals surface area contributed by atoms with Crippen LogP contribution in [0, 0.1) is 0 Å². The number of aromatic amines is 1. The van der Waals surface area contributed by atoms with E-state index in [1.807, 2.05) is 0 Å². The van der Waals surface area contributed by atoms with Gasteiger partial charge in [0.05, 0.1) is 11.3 Å². The molecule has 2 N–H and O–H groups in total. The average molecular weight is 317 g/mol. The van der Waals surface area contributed by atoms with Crippen LogP contribution in [0.1, 0.15) is 26.4 Å². The van der Waals surface area contributed by atoms with E-state index < -0.39 is 23.3 Å². The predicted octanol–water partition coefficient (Wildman–Crippen LogP) is 3.75. The second-order valence-corrected chi connectivity index (χ2v) is 4.54. The van der Waals surface area contributed by atoms with Gasteiger partial charge in [0.1, 0.15) is 5.69 Å². The summed E-state index contributed by atoms with van der Waals surface area (Å²) < 4.78 is 38.6. The van der Waals surface area contributed by atoms with E-state index in [0.29, 0.717) is 6.29 Å². The van der Waals surface area contributed by atoms with Crippen molar-refractivity contribution in [2.75, 3.05) is 5.32 Å². The fraction of sp³-hybridized carbons (Fsp3) is 0.0769. The maximum absolute atomic E-state index is 12.9. The topological polar surface area (TPSA) is 62.0 Å². The van der Waals surface area contributed by atoms with Crippen LogP contribution in [-0.4, -0.2) is 17.2 Å². The molecule has 0 unspecified atom stereocenters. The number of alkyl halides is 3. The molecule has 0 saturated heterocycles. The highest BCUT2D eigenvalue weighted by Gasteiger charge is 2.34. The van der Waals surface area contributed by atoms with E-state index in [4.69, 9.17) is 11.6 Å². The summed E-state index contributed by atoms with van der Waals surface area (Å²) in [7, 11) is 0. The van der Waals surface area contributed by atoms with E-state index >= 15 is 0 Å². The molecule has 4 nitrogen and oxygen atoms in total. The second-order valence-electron chi connectivity index (χ2n) is 4.11. The summed E-state index contributed by atoms with van der Waals surface area (Å²) in [5, 5.41) is 2.04. The van der Waals surface area contributed by atoms with Crippen LogP contribution in [0.4, 0.5) is 18.9 Å². The Morgan fingerprint density at radius 3 is 2.57 bits per heavy atom. The van der Waals surface area contributed by atoms with E-state index in [1.165, 1.54) is 18.3 Å². The number of rotatable bonds is 3. The summed E-state index contributed by atoms with van der Waals surface area (Å²) >= 11 is 5.54. The molecule has 21 heavy (non-hydrogen) atoms. The number of aldehydes is 1. The summed E-state index contributed by atoms with van der Waals surface area (Å²) in [5.41, 5.74) is -1.28. The quantitative estimate of drug-likeness (QED) is 0.847. The number of carbonyl (C=O) groups is 2. The Balaban J connectivity index is 2.31. The van der Waals surface area contributed by atoms with Crippen LogP contribution < -0.4 is 5.32 Å². The van der Waals surface area contributed by atoms with Crippen molar-refractivity contribution in [1.82, 2.24) is 4.98 Å². The van der Waals surface area contributed by atoms with Crippen molar-refractivity contribution in [3.8, 4) is 0 Å². The Morgan fingerprint density at radius 2 is 2.00 bits per heavy atom. The molecule has 0 aliphatic carbocycles.